The molecular weight excluding hydrogens is 263 g/mol. The molecule has 0 saturated heterocycles. The summed E-state index contributed by atoms with van der Waals surface area (Å²) in [6.07, 6.45) is 1.18. The molecular formula is C10H6BrFN2O. The van der Waals surface area contributed by atoms with E-state index in [1.165, 1.54) is 6.33 Å². The van der Waals surface area contributed by atoms with E-state index in [0.717, 1.165) is 4.47 Å². The quantitative estimate of drug-likeness (QED) is 0.863. The van der Waals surface area contributed by atoms with Gasteiger partial charge >= 0.3 is 0 Å². The summed E-state index contributed by atoms with van der Waals surface area (Å²) in [4.78, 5) is 17.0. The standard InChI is InChI=1S/C10H6BrFN2O/c11-7-3-1-6(2-4-7)9-8(12)10(15)14-5-13-9/h1-5H,(H,13,14,15). The minimum Gasteiger partial charge on any atom is -0.311 e. The fourth-order valence-corrected chi connectivity index (χ4v) is 1.46. The molecule has 0 amide bonds. The van der Waals surface area contributed by atoms with Crippen LogP contribution in [-0.2, 0) is 0 Å². The van der Waals surface area contributed by atoms with Crippen LogP contribution >= 0.6 is 15.9 Å². The van der Waals surface area contributed by atoms with Crippen LogP contribution in [0.3, 0.4) is 0 Å². The smallest absolute Gasteiger partial charge is 0.287 e. The lowest BCUT2D eigenvalue weighted by molar-refractivity contribution is 0.605. The van der Waals surface area contributed by atoms with Gasteiger partial charge in [0.25, 0.3) is 5.56 Å². The molecule has 76 valence electrons. The minimum atomic E-state index is -0.861. The van der Waals surface area contributed by atoms with E-state index in [2.05, 4.69) is 25.9 Å². The Bertz CT molecular complexity index is 536. The number of halogens is 2. The summed E-state index contributed by atoms with van der Waals surface area (Å²) < 4.78 is 14.3. The third kappa shape index (κ3) is 1.97. The highest BCUT2D eigenvalue weighted by Gasteiger charge is 2.09. The number of nitrogens with one attached hydrogen (secondary N) is 1. The number of aromatic amines is 1. The summed E-state index contributed by atoms with van der Waals surface area (Å²) >= 11 is 3.27. The lowest BCUT2D eigenvalue weighted by Gasteiger charge is -2.00. The van der Waals surface area contributed by atoms with Crippen LogP contribution in [0.1, 0.15) is 0 Å². The Kier molecular flexibility index (Phi) is 2.64. The zero-order valence-corrected chi connectivity index (χ0v) is 9.08. The van der Waals surface area contributed by atoms with Crippen LogP contribution < -0.4 is 5.56 Å². The third-order valence-electron chi connectivity index (χ3n) is 1.91. The second kappa shape index (κ2) is 3.94. The summed E-state index contributed by atoms with van der Waals surface area (Å²) in [5.74, 6) is -0.861. The first-order valence-corrected chi connectivity index (χ1v) is 4.97. The highest BCUT2D eigenvalue weighted by Crippen LogP contribution is 2.20. The molecule has 1 aromatic heterocycles. The van der Waals surface area contributed by atoms with Crippen LogP contribution in [0.4, 0.5) is 4.39 Å². The lowest BCUT2D eigenvalue weighted by Crippen LogP contribution is -2.12. The second-order valence-electron chi connectivity index (χ2n) is 2.90. The third-order valence-corrected chi connectivity index (χ3v) is 2.44. The van der Waals surface area contributed by atoms with E-state index in [4.69, 9.17) is 0 Å². The molecule has 2 rings (SSSR count). The maximum atomic E-state index is 13.4. The van der Waals surface area contributed by atoms with Gasteiger partial charge in [0, 0.05) is 10.0 Å². The average molecular weight is 269 g/mol. The maximum absolute atomic E-state index is 13.4. The first-order valence-electron chi connectivity index (χ1n) is 4.17. The van der Waals surface area contributed by atoms with E-state index in [-0.39, 0.29) is 5.69 Å². The van der Waals surface area contributed by atoms with Crippen LogP contribution in [0.2, 0.25) is 0 Å². The molecule has 5 heteroatoms. The molecule has 15 heavy (non-hydrogen) atoms. The van der Waals surface area contributed by atoms with Crippen molar-refractivity contribution >= 4 is 15.9 Å². The number of hydrogen-bond donors (Lipinski definition) is 1. The van der Waals surface area contributed by atoms with Gasteiger partial charge in [0.2, 0.25) is 5.82 Å². The fourth-order valence-electron chi connectivity index (χ4n) is 1.19. The Balaban J connectivity index is 2.59. The first kappa shape index (κ1) is 10.0. The molecule has 0 unspecified atom stereocenters. The summed E-state index contributed by atoms with van der Waals surface area (Å²) in [5, 5.41) is 0. The van der Waals surface area contributed by atoms with Crippen molar-refractivity contribution in [3.63, 3.8) is 0 Å². The van der Waals surface area contributed by atoms with Crippen LogP contribution in [-0.4, -0.2) is 9.97 Å². The number of rotatable bonds is 1. The van der Waals surface area contributed by atoms with Crippen molar-refractivity contribution in [3.05, 3.63) is 51.2 Å². The molecule has 0 atom stereocenters. The van der Waals surface area contributed by atoms with Crippen LogP contribution in [0.25, 0.3) is 11.3 Å². The number of benzene rings is 1. The zero-order chi connectivity index (χ0) is 10.8. The number of hydrogen-bond acceptors (Lipinski definition) is 2. The van der Waals surface area contributed by atoms with Crippen molar-refractivity contribution in [1.29, 1.82) is 0 Å². The summed E-state index contributed by atoms with van der Waals surface area (Å²) in [5.41, 5.74) is -0.129. The Labute approximate surface area is 93.1 Å². The molecule has 1 N–H and O–H groups in total. The van der Waals surface area contributed by atoms with Crippen molar-refractivity contribution in [2.75, 3.05) is 0 Å². The number of aromatic nitrogens is 2. The molecule has 0 spiro atoms. The van der Waals surface area contributed by atoms with Crippen LogP contribution in [0.15, 0.2) is 39.9 Å². The van der Waals surface area contributed by atoms with Gasteiger partial charge in [-0.2, -0.15) is 4.39 Å². The number of H-pyrrole nitrogens is 1. The Morgan fingerprint density at radius 1 is 1.27 bits per heavy atom. The van der Waals surface area contributed by atoms with E-state index >= 15 is 0 Å². The second-order valence-corrected chi connectivity index (χ2v) is 3.82. The van der Waals surface area contributed by atoms with Crippen molar-refractivity contribution in [2.45, 2.75) is 0 Å². The van der Waals surface area contributed by atoms with Crippen molar-refractivity contribution in [1.82, 2.24) is 9.97 Å². The van der Waals surface area contributed by atoms with Crippen molar-refractivity contribution in [3.8, 4) is 11.3 Å². The Morgan fingerprint density at radius 2 is 1.93 bits per heavy atom. The summed E-state index contributed by atoms with van der Waals surface area (Å²) in [7, 11) is 0. The van der Waals surface area contributed by atoms with E-state index in [1.54, 1.807) is 24.3 Å². The van der Waals surface area contributed by atoms with Gasteiger partial charge in [0.15, 0.2) is 0 Å². The van der Waals surface area contributed by atoms with Crippen LogP contribution in [0.5, 0.6) is 0 Å². The normalized spacial score (nSPS) is 10.3. The molecule has 0 radical (unpaired) electrons. The largest absolute Gasteiger partial charge is 0.311 e. The predicted molar refractivity (Wildman–Crippen MR) is 58.0 cm³/mol. The highest BCUT2D eigenvalue weighted by atomic mass is 79.9. The summed E-state index contributed by atoms with van der Waals surface area (Å²) in [6.45, 7) is 0. The molecule has 0 fully saturated rings. The van der Waals surface area contributed by atoms with Crippen LogP contribution in [0, 0.1) is 5.82 Å². The van der Waals surface area contributed by atoms with Gasteiger partial charge in [-0.1, -0.05) is 28.1 Å². The molecule has 2 aromatic rings. The topological polar surface area (TPSA) is 45.8 Å². The van der Waals surface area contributed by atoms with E-state index in [1.807, 2.05) is 0 Å². The van der Waals surface area contributed by atoms with Crippen molar-refractivity contribution in [2.24, 2.45) is 0 Å². The van der Waals surface area contributed by atoms with Gasteiger partial charge in [0.1, 0.15) is 5.69 Å². The Hall–Kier alpha value is -1.49. The highest BCUT2D eigenvalue weighted by molar-refractivity contribution is 9.10. The monoisotopic (exact) mass is 268 g/mol. The van der Waals surface area contributed by atoms with Crippen molar-refractivity contribution < 1.29 is 4.39 Å². The fraction of sp³-hybridized carbons (Fsp3) is 0. The predicted octanol–water partition coefficient (Wildman–Crippen LogP) is 2.34. The maximum Gasteiger partial charge on any atom is 0.287 e. The molecule has 0 bridgehead atoms. The molecule has 0 aliphatic heterocycles. The van der Waals surface area contributed by atoms with E-state index in [9.17, 15) is 9.18 Å². The van der Waals surface area contributed by atoms with Gasteiger partial charge < -0.3 is 4.98 Å². The molecule has 0 saturated carbocycles. The molecule has 0 aliphatic rings. The SMILES string of the molecule is O=c1[nH]cnc(-c2ccc(Br)cc2)c1F. The van der Waals surface area contributed by atoms with Gasteiger partial charge in [-0.05, 0) is 12.1 Å². The van der Waals surface area contributed by atoms with Gasteiger partial charge in [0.05, 0.1) is 6.33 Å². The number of nitrogens with zero attached hydrogens (tertiary/aromatic N) is 1. The summed E-state index contributed by atoms with van der Waals surface area (Å²) in [6, 6.07) is 6.90. The van der Waals surface area contributed by atoms with Gasteiger partial charge in [-0.25, -0.2) is 4.98 Å². The molecule has 3 nitrogen and oxygen atoms in total. The van der Waals surface area contributed by atoms with Gasteiger partial charge in [-0.3, -0.25) is 4.79 Å². The first-order chi connectivity index (χ1) is 7.18. The van der Waals surface area contributed by atoms with E-state index < -0.39 is 11.4 Å². The average Bonchev–Trinajstić information content (AvgIpc) is 2.24. The molecule has 1 heterocycles. The van der Waals surface area contributed by atoms with Gasteiger partial charge in [-0.15, -0.1) is 0 Å². The Morgan fingerprint density at radius 3 is 2.60 bits per heavy atom. The minimum absolute atomic E-state index is 0.0613. The zero-order valence-electron chi connectivity index (χ0n) is 7.50. The van der Waals surface area contributed by atoms with E-state index in [0.29, 0.717) is 5.56 Å². The molecule has 0 aliphatic carbocycles. The molecule has 1 aromatic carbocycles. The lowest BCUT2D eigenvalue weighted by atomic mass is 10.1.